The fourth-order valence-corrected chi connectivity index (χ4v) is 4.82. The van der Waals surface area contributed by atoms with Crippen molar-refractivity contribution in [3.8, 4) is 0 Å². The number of nitrogens with zero attached hydrogens (tertiary/aromatic N) is 3. The van der Waals surface area contributed by atoms with Gasteiger partial charge in [-0.15, -0.1) is 0 Å². The molecule has 156 valence electrons. The molecular weight excluding hydrogens is 362 g/mol. The molecule has 0 unspecified atom stereocenters. The number of carbonyl (C=O) groups excluding carboxylic acids is 1. The third-order valence-electron chi connectivity index (χ3n) is 6.59. The highest BCUT2D eigenvalue weighted by Crippen LogP contribution is 2.28. The number of rotatable bonds is 6. The van der Waals surface area contributed by atoms with Crippen LogP contribution in [0.1, 0.15) is 67.5 Å². The Morgan fingerprint density at radius 2 is 1.93 bits per heavy atom. The molecule has 3 heterocycles. The minimum absolute atomic E-state index is 0.0907. The summed E-state index contributed by atoms with van der Waals surface area (Å²) in [5.41, 5.74) is 1.09. The molecule has 4 rings (SSSR count). The topological polar surface area (TPSA) is 49.6 Å². The van der Waals surface area contributed by atoms with E-state index >= 15 is 0 Å². The van der Waals surface area contributed by atoms with Crippen molar-refractivity contribution in [1.29, 1.82) is 0 Å². The Morgan fingerprint density at radius 1 is 1.14 bits per heavy atom. The number of carbonyl (C=O) groups is 1. The summed E-state index contributed by atoms with van der Waals surface area (Å²) in [7, 11) is 0. The van der Waals surface area contributed by atoms with E-state index in [2.05, 4.69) is 9.88 Å². The normalized spacial score (nSPS) is 19.3. The van der Waals surface area contributed by atoms with Crippen molar-refractivity contribution < 1.29 is 9.21 Å². The van der Waals surface area contributed by atoms with Crippen LogP contribution in [0.25, 0.3) is 0 Å². The minimum Gasteiger partial charge on any atom is -0.459 e. The summed E-state index contributed by atoms with van der Waals surface area (Å²) in [5.74, 6) is 1.94. The van der Waals surface area contributed by atoms with E-state index in [1.54, 1.807) is 18.4 Å². The van der Waals surface area contributed by atoms with Gasteiger partial charge in [-0.25, -0.2) is 4.98 Å². The first-order chi connectivity index (χ1) is 14.2. The van der Waals surface area contributed by atoms with Crippen molar-refractivity contribution in [2.24, 2.45) is 5.92 Å². The van der Waals surface area contributed by atoms with Crippen molar-refractivity contribution in [2.75, 3.05) is 24.5 Å². The molecule has 0 radical (unpaired) electrons. The maximum absolute atomic E-state index is 13.2. The molecule has 29 heavy (non-hydrogen) atoms. The monoisotopic (exact) mass is 395 g/mol. The van der Waals surface area contributed by atoms with Crippen LogP contribution in [-0.2, 0) is 0 Å². The Bertz CT molecular complexity index is 758. The largest absolute Gasteiger partial charge is 0.459 e. The fraction of sp³-hybridized carbons (Fsp3) is 0.583. The number of pyridine rings is 1. The maximum atomic E-state index is 13.2. The zero-order valence-corrected chi connectivity index (χ0v) is 17.6. The number of piperidine rings is 1. The molecule has 2 aromatic rings. The summed E-state index contributed by atoms with van der Waals surface area (Å²) in [6.45, 7) is 5.31. The summed E-state index contributed by atoms with van der Waals surface area (Å²) >= 11 is 0. The molecule has 0 spiro atoms. The number of hydrogen-bond acceptors (Lipinski definition) is 4. The number of hydrogen-bond donors (Lipinski definition) is 0. The average molecular weight is 396 g/mol. The molecule has 0 atom stereocenters. The number of amides is 1. The van der Waals surface area contributed by atoms with Crippen molar-refractivity contribution in [3.05, 3.63) is 48.0 Å². The van der Waals surface area contributed by atoms with Crippen LogP contribution in [-0.4, -0.2) is 41.5 Å². The fourth-order valence-electron chi connectivity index (χ4n) is 4.82. The van der Waals surface area contributed by atoms with E-state index < -0.39 is 0 Å². The third-order valence-corrected chi connectivity index (χ3v) is 6.59. The second-order valence-electron chi connectivity index (χ2n) is 8.71. The molecule has 2 aromatic heterocycles. The minimum atomic E-state index is -0.0907. The Morgan fingerprint density at radius 3 is 2.59 bits per heavy atom. The molecule has 1 aliphatic heterocycles. The van der Waals surface area contributed by atoms with Crippen molar-refractivity contribution in [1.82, 2.24) is 9.88 Å². The number of likely N-dealkylation sites (tertiary alicyclic amines) is 1. The van der Waals surface area contributed by atoms with E-state index in [-0.39, 0.29) is 11.9 Å². The van der Waals surface area contributed by atoms with Gasteiger partial charge >= 0.3 is 0 Å². The predicted octanol–water partition coefficient (Wildman–Crippen LogP) is 5.06. The number of furan rings is 1. The van der Waals surface area contributed by atoms with Crippen LogP contribution in [0, 0.1) is 12.8 Å². The van der Waals surface area contributed by atoms with E-state index in [1.165, 1.54) is 45.1 Å². The lowest BCUT2D eigenvalue weighted by Crippen LogP contribution is -2.48. The maximum Gasteiger partial charge on any atom is 0.295 e. The third kappa shape index (κ3) is 5.08. The van der Waals surface area contributed by atoms with Gasteiger partial charge in [0, 0.05) is 25.3 Å². The summed E-state index contributed by atoms with van der Waals surface area (Å²) in [6.07, 6.45) is 13.8. The first-order valence-corrected chi connectivity index (χ1v) is 11.2. The number of aromatic nitrogens is 1. The first-order valence-electron chi connectivity index (χ1n) is 11.2. The highest BCUT2D eigenvalue weighted by Gasteiger charge is 2.32. The Kier molecular flexibility index (Phi) is 6.65. The molecule has 5 nitrogen and oxygen atoms in total. The van der Waals surface area contributed by atoms with Crippen LogP contribution >= 0.6 is 0 Å². The van der Waals surface area contributed by atoms with Crippen molar-refractivity contribution >= 4 is 11.7 Å². The predicted molar refractivity (Wildman–Crippen MR) is 115 cm³/mol. The van der Waals surface area contributed by atoms with E-state index in [0.29, 0.717) is 5.76 Å². The van der Waals surface area contributed by atoms with Crippen LogP contribution in [0.15, 0.2) is 41.1 Å². The van der Waals surface area contributed by atoms with Crippen molar-refractivity contribution in [2.45, 2.75) is 64.3 Å². The van der Waals surface area contributed by atoms with Crippen LogP contribution < -0.4 is 4.90 Å². The van der Waals surface area contributed by atoms with Gasteiger partial charge < -0.3 is 9.32 Å². The van der Waals surface area contributed by atoms with Gasteiger partial charge in [0.2, 0.25) is 0 Å². The van der Waals surface area contributed by atoms with Crippen LogP contribution in [0.2, 0.25) is 0 Å². The molecule has 0 bridgehead atoms. The van der Waals surface area contributed by atoms with Gasteiger partial charge in [0.15, 0.2) is 5.76 Å². The lowest BCUT2D eigenvalue weighted by molar-refractivity contribution is 0.0930. The highest BCUT2D eigenvalue weighted by molar-refractivity contribution is 6.04. The number of aryl methyl sites for hydroxylation is 1. The molecule has 1 saturated carbocycles. The summed E-state index contributed by atoms with van der Waals surface area (Å²) in [4.78, 5) is 22.2. The highest BCUT2D eigenvalue weighted by atomic mass is 16.3. The summed E-state index contributed by atoms with van der Waals surface area (Å²) in [5, 5.41) is 0. The molecule has 2 aliphatic rings. The Labute approximate surface area is 174 Å². The molecule has 0 N–H and O–H groups in total. The molecule has 0 aromatic carbocycles. The molecule has 1 aliphatic carbocycles. The quantitative estimate of drug-likeness (QED) is 0.686. The first kappa shape index (κ1) is 20.1. The zero-order chi connectivity index (χ0) is 20.1. The van der Waals surface area contributed by atoms with Gasteiger partial charge in [0.25, 0.3) is 5.91 Å². The van der Waals surface area contributed by atoms with E-state index in [0.717, 1.165) is 43.2 Å². The van der Waals surface area contributed by atoms with Gasteiger partial charge in [-0.2, -0.15) is 0 Å². The van der Waals surface area contributed by atoms with Gasteiger partial charge in [0.1, 0.15) is 5.82 Å². The SMILES string of the molecule is Cc1ccc(N(C(=O)c2ccco2)C2CCN(CCC3CCCCC3)CC2)nc1. The molecule has 5 heteroatoms. The zero-order valence-electron chi connectivity index (χ0n) is 17.6. The van der Waals surface area contributed by atoms with Crippen molar-refractivity contribution in [3.63, 3.8) is 0 Å². The van der Waals surface area contributed by atoms with Crippen LogP contribution in [0.4, 0.5) is 5.82 Å². The van der Waals surface area contributed by atoms with Crippen LogP contribution in [0.5, 0.6) is 0 Å². The molecule has 2 fully saturated rings. The van der Waals surface area contributed by atoms with E-state index in [4.69, 9.17) is 4.42 Å². The smallest absolute Gasteiger partial charge is 0.295 e. The average Bonchev–Trinajstić information content (AvgIpc) is 3.30. The second-order valence-corrected chi connectivity index (χ2v) is 8.71. The summed E-state index contributed by atoms with van der Waals surface area (Å²) < 4.78 is 5.41. The Hall–Kier alpha value is -2.14. The van der Waals surface area contributed by atoms with Gasteiger partial charge in [0.05, 0.1) is 6.26 Å². The molecule has 1 saturated heterocycles. The van der Waals surface area contributed by atoms with Gasteiger partial charge in [-0.1, -0.05) is 38.2 Å². The van der Waals surface area contributed by atoms with E-state index in [1.807, 2.05) is 30.2 Å². The molecular formula is C24H33N3O2. The molecule has 1 amide bonds. The van der Waals surface area contributed by atoms with Gasteiger partial charge in [-0.05, 0) is 62.4 Å². The summed E-state index contributed by atoms with van der Waals surface area (Å²) in [6, 6.07) is 7.63. The van der Waals surface area contributed by atoms with E-state index in [9.17, 15) is 4.79 Å². The lowest BCUT2D eigenvalue weighted by atomic mass is 9.87. The lowest BCUT2D eigenvalue weighted by Gasteiger charge is -2.38. The second kappa shape index (κ2) is 9.57. The standard InChI is InChI=1S/C24H33N3O2/c1-19-9-10-23(25-18-19)27(24(28)22-8-5-17-29-22)21-12-15-26(16-13-21)14-11-20-6-3-2-4-7-20/h5,8-10,17-18,20-21H,2-4,6-7,11-16H2,1H3. The Balaban J connectivity index is 1.39. The number of anilines is 1. The van der Waals surface area contributed by atoms with Crippen LogP contribution in [0.3, 0.4) is 0 Å². The van der Waals surface area contributed by atoms with Gasteiger partial charge in [-0.3, -0.25) is 9.69 Å².